The number of hydrogen-bond donors (Lipinski definition) is 1. The van der Waals surface area contributed by atoms with Crippen LogP contribution in [-0.2, 0) is 0 Å². The lowest BCUT2D eigenvalue weighted by Crippen LogP contribution is -2.28. The van der Waals surface area contributed by atoms with Crippen molar-refractivity contribution in [2.45, 2.75) is 45.1 Å². The molecule has 1 nitrogen and oxygen atoms in total. The fourth-order valence-electron chi connectivity index (χ4n) is 3.54. The molecule has 3 aliphatic carbocycles. The molecule has 3 rings (SSSR count). The lowest BCUT2D eigenvalue weighted by atomic mass is 9.89. The van der Waals surface area contributed by atoms with Crippen LogP contribution < -0.4 is 5.32 Å². The fraction of sp³-hybridized carbons (Fsp3) is 1.00. The van der Waals surface area contributed by atoms with Gasteiger partial charge in [0.15, 0.2) is 0 Å². The first-order valence-corrected chi connectivity index (χ1v) is 6.06. The van der Waals surface area contributed by atoms with Crippen molar-refractivity contribution in [1.29, 1.82) is 0 Å². The molecule has 5 atom stereocenters. The van der Waals surface area contributed by atoms with Gasteiger partial charge in [0.1, 0.15) is 0 Å². The van der Waals surface area contributed by atoms with E-state index in [2.05, 4.69) is 12.2 Å². The number of nitrogens with one attached hydrogen (secondary N) is 1. The fourth-order valence-corrected chi connectivity index (χ4v) is 3.54. The molecule has 0 radical (unpaired) electrons. The molecule has 0 aromatic rings. The Bertz CT molecular complexity index is 201. The number of fused-ring (bicyclic) bond motifs is 2. The first-order chi connectivity index (χ1) is 6.33. The molecule has 0 spiro atoms. The minimum Gasteiger partial charge on any atom is -0.313 e. The molecule has 1 heteroatoms. The Morgan fingerprint density at radius 2 is 2.00 bits per heavy atom. The van der Waals surface area contributed by atoms with Crippen LogP contribution in [0.15, 0.2) is 0 Å². The lowest BCUT2D eigenvalue weighted by Gasteiger charge is -2.21. The summed E-state index contributed by atoms with van der Waals surface area (Å²) >= 11 is 0. The zero-order chi connectivity index (χ0) is 8.84. The van der Waals surface area contributed by atoms with Crippen LogP contribution in [0.1, 0.15) is 39.0 Å². The van der Waals surface area contributed by atoms with E-state index >= 15 is 0 Å². The van der Waals surface area contributed by atoms with E-state index in [-0.39, 0.29) is 0 Å². The minimum absolute atomic E-state index is 0.888. The summed E-state index contributed by atoms with van der Waals surface area (Å²) in [7, 11) is 0. The van der Waals surface area contributed by atoms with Gasteiger partial charge < -0.3 is 5.32 Å². The Kier molecular flexibility index (Phi) is 1.90. The van der Waals surface area contributed by atoms with E-state index in [0.29, 0.717) is 0 Å². The van der Waals surface area contributed by atoms with Crippen molar-refractivity contribution in [1.82, 2.24) is 5.32 Å². The van der Waals surface area contributed by atoms with Gasteiger partial charge >= 0.3 is 0 Å². The monoisotopic (exact) mass is 179 g/mol. The minimum atomic E-state index is 0.888. The maximum absolute atomic E-state index is 3.73. The first kappa shape index (κ1) is 8.28. The van der Waals surface area contributed by atoms with Crippen LogP contribution in [0.4, 0.5) is 0 Å². The summed E-state index contributed by atoms with van der Waals surface area (Å²) in [5.41, 5.74) is 0. The van der Waals surface area contributed by atoms with E-state index in [4.69, 9.17) is 0 Å². The van der Waals surface area contributed by atoms with Crippen LogP contribution >= 0.6 is 0 Å². The smallest absolute Gasteiger partial charge is 0.00965 e. The van der Waals surface area contributed by atoms with Gasteiger partial charge in [-0.2, -0.15) is 0 Å². The molecule has 0 aliphatic heterocycles. The van der Waals surface area contributed by atoms with Gasteiger partial charge in [-0.3, -0.25) is 0 Å². The summed E-state index contributed by atoms with van der Waals surface area (Å²) in [4.78, 5) is 0. The highest BCUT2D eigenvalue weighted by atomic mass is 15.0. The van der Waals surface area contributed by atoms with Crippen molar-refractivity contribution < 1.29 is 0 Å². The lowest BCUT2D eigenvalue weighted by molar-refractivity contribution is 0.317. The quantitative estimate of drug-likeness (QED) is 0.701. The normalized spacial score (nSPS) is 52.8. The molecule has 13 heavy (non-hydrogen) atoms. The molecule has 0 amide bonds. The number of hydrogen-bond acceptors (Lipinski definition) is 1. The van der Waals surface area contributed by atoms with E-state index in [1.54, 1.807) is 19.3 Å². The zero-order valence-corrected chi connectivity index (χ0v) is 8.63. The Hall–Kier alpha value is -0.0400. The second-order valence-electron chi connectivity index (χ2n) is 5.66. The van der Waals surface area contributed by atoms with E-state index in [0.717, 1.165) is 29.7 Å². The summed E-state index contributed by atoms with van der Waals surface area (Å²) in [6.07, 6.45) is 7.62. The summed E-state index contributed by atoms with van der Waals surface area (Å²) < 4.78 is 0. The average molecular weight is 179 g/mol. The molecule has 74 valence electrons. The van der Waals surface area contributed by atoms with Gasteiger partial charge in [-0.15, -0.1) is 0 Å². The predicted octanol–water partition coefficient (Wildman–Crippen LogP) is 2.42. The molecule has 2 bridgehead atoms. The van der Waals surface area contributed by atoms with Crippen LogP contribution in [0, 0.1) is 23.7 Å². The molecule has 3 fully saturated rings. The third kappa shape index (κ3) is 1.52. The molecule has 0 aromatic heterocycles. The third-order valence-electron chi connectivity index (χ3n) is 4.64. The van der Waals surface area contributed by atoms with Crippen molar-refractivity contribution >= 4 is 0 Å². The summed E-state index contributed by atoms with van der Waals surface area (Å²) in [5.74, 6) is 4.24. The SMILES string of the molecule is C[C@@H]1C[C@H]1NCC1CC2CCC1C2. The maximum atomic E-state index is 3.73. The van der Waals surface area contributed by atoms with Crippen molar-refractivity contribution in [2.75, 3.05) is 6.54 Å². The molecule has 3 unspecified atom stereocenters. The van der Waals surface area contributed by atoms with E-state index < -0.39 is 0 Å². The average Bonchev–Trinajstić information content (AvgIpc) is 2.60. The standard InChI is InChI=1S/C12H21N/c1-8-4-12(8)13-7-11-6-9-2-3-10(11)5-9/h8-13H,2-7H2,1H3/t8-,9?,10?,11?,12-/m1/s1. The van der Waals surface area contributed by atoms with E-state index in [1.165, 1.54) is 19.4 Å². The van der Waals surface area contributed by atoms with Gasteiger partial charge in [0, 0.05) is 6.04 Å². The van der Waals surface area contributed by atoms with Gasteiger partial charge in [-0.25, -0.2) is 0 Å². The highest BCUT2D eigenvalue weighted by Crippen LogP contribution is 2.48. The van der Waals surface area contributed by atoms with Crippen molar-refractivity contribution in [2.24, 2.45) is 23.7 Å². The number of rotatable bonds is 3. The van der Waals surface area contributed by atoms with Gasteiger partial charge in [0.25, 0.3) is 0 Å². The van der Waals surface area contributed by atoms with Gasteiger partial charge in [0.05, 0.1) is 0 Å². The second kappa shape index (κ2) is 2.98. The Labute approximate surface area is 81.3 Å². The maximum Gasteiger partial charge on any atom is 0.00965 e. The molecular weight excluding hydrogens is 158 g/mol. The largest absolute Gasteiger partial charge is 0.313 e. The molecule has 0 heterocycles. The molecule has 3 aliphatic rings. The molecule has 0 aromatic carbocycles. The molecule has 0 saturated heterocycles. The Morgan fingerprint density at radius 3 is 2.54 bits per heavy atom. The van der Waals surface area contributed by atoms with Crippen LogP contribution in [0.2, 0.25) is 0 Å². The third-order valence-corrected chi connectivity index (χ3v) is 4.64. The summed E-state index contributed by atoms with van der Waals surface area (Å²) in [6, 6.07) is 0.888. The van der Waals surface area contributed by atoms with E-state index in [9.17, 15) is 0 Å². The van der Waals surface area contributed by atoms with E-state index in [1.807, 2.05) is 0 Å². The van der Waals surface area contributed by atoms with Crippen LogP contribution in [-0.4, -0.2) is 12.6 Å². The Morgan fingerprint density at radius 1 is 1.15 bits per heavy atom. The summed E-state index contributed by atoms with van der Waals surface area (Å²) in [6.45, 7) is 3.69. The molecule has 1 N–H and O–H groups in total. The van der Waals surface area contributed by atoms with Crippen molar-refractivity contribution in [3.05, 3.63) is 0 Å². The van der Waals surface area contributed by atoms with Crippen LogP contribution in [0.25, 0.3) is 0 Å². The van der Waals surface area contributed by atoms with Gasteiger partial charge in [-0.1, -0.05) is 13.3 Å². The summed E-state index contributed by atoms with van der Waals surface area (Å²) in [5, 5.41) is 3.73. The van der Waals surface area contributed by atoms with Crippen molar-refractivity contribution in [3.63, 3.8) is 0 Å². The van der Waals surface area contributed by atoms with Crippen LogP contribution in [0.5, 0.6) is 0 Å². The zero-order valence-electron chi connectivity index (χ0n) is 8.63. The van der Waals surface area contributed by atoms with Gasteiger partial charge in [-0.05, 0) is 55.9 Å². The first-order valence-electron chi connectivity index (χ1n) is 6.06. The topological polar surface area (TPSA) is 12.0 Å². The highest BCUT2D eigenvalue weighted by Gasteiger charge is 2.40. The van der Waals surface area contributed by atoms with Crippen molar-refractivity contribution in [3.8, 4) is 0 Å². The second-order valence-corrected chi connectivity index (χ2v) is 5.66. The predicted molar refractivity (Wildman–Crippen MR) is 54.5 cm³/mol. The van der Waals surface area contributed by atoms with Crippen LogP contribution in [0.3, 0.4) is 0 Å². The molecular formula is C12H21N. The van der Waals surface area contributed by atoms with Gasteiger partial charge in [0.2, 0.25) is 0 Å². The highest BCUT2D eigenvalue weighted by molar-refractivity contribution is 4.94. The Balaban J connectivity index is 1.46. The molecule has 3 saturated carbocycles.